The number of likely N-dealkylation sites (tertiary alicyclic amines) is 1. The van der Waals surface area contributed by atoms with Gasteiger partial charge in [-0.15, -0.1) is 10.3 Å². The number of primary amides is 1. The first kappa shape index (κ1) is 16.3. The molecule has 0 bridgehead atoms. The SMILES string of the molecule is NC(=O)C1SC(N2CCC(Oc3ccncc3Br)CC2)=NN1O. The molecule has 1 amide bonds. The van der Waals surface area contributed by atoms with Crippen LogP contribution >= 0.6 is 27.7 Å². The van der Waals surface area contributed by atoms with Crippen LogP contribution in [-0.2, 0) is 4.79 Å². The van der Waals surface area contributed by atoms with Crippen molar-refractivity contribution in [3.8, 4) is 5.75 Å². The molecule has 0 radical (unpaired) electrons. The Balaban J connectivity index is 1.54. The minimum Gasteiger partial charge on any atom is -0.489 e. The van der Waals surface area contributed by atoms with Gasteiger partial charge in [-0.1, -0.05) is 0 Å². The summed E-state index contributed by atoms with van der Waals surface area (Å²) in [4.78, 5) is 17.2. The number of hydroxylamine groups is 1. The first-order valence-corrected chi connectivity index (χ1v) is 8.75. The zero-order valence-electron chi connectivity index (χ0n) is 12.1. The molecule has 0 aliphatic carbocycles. The molecule has 2 aliphatic rings. The third-order valence-electron chi connectivity index (χ3n) is 3.60. The van der Waals surface area contributed by atoms with E-state index in [2.05, 4.69) is 26.0 Å². The Morgan fingerprint density at radius 1 is 1.48 bits per heavy atom. The summed E-state index contributed by atoms with van der Waals surface area (Å²) in [5.41, 5.74) is 5.22. The smallest absolute Gasteiger partial charge is 0.255 e. The Labute approximate surface area is 145 Å². The fourth-order valence-electron chi connectivity index (χ4n) is 2.42. The predicted octanol–water partition coefficient (Wildman–Crippen LogP) is 1.21. The molecule has 23 heavy (non-hydrogen) atoms. The van der Waals surface area contributed by atoms with Gasteiger partial charge >= 0.3 is 0 Å². The maximum Gasteiger partial charge on any atom is 0.255 e. The lowest BCUT2D eigenvalue weighted by Crippen LogP contribution is -2.40. The number of aromatic nitrogens is 1. The Morgan fingerprint density at radius 2 is 2.22 bits per heavy atom. The Hall–Kier alpha value is -1.52. The number of hydrazone groups is 1. The molecule has 0 saturated carbocycles. The number of nitrogens with two attached hydrogens (primary N) is 1. The number of thioether (sulfide) groups is 1. The molecular formula is C13H16BrN5O3S. The van der Waals surface area contributed by atoms with E-state index in [0.717, 1.165) is 47.9 Å². The number of amidine groups is 1. The van der Waals surface area contributed by atoms with Crippen LogP contribution in [0, 0.1) is 0 Å². The number of hydrogen-bond acceptors (Lipinski definition) is 8. The van der Waals surface area contributed by atoms with Gasteiger partial charge in [0.05, 0.1) is 4.47 Å². The number of ether oxygens (including phenoxy) is 1. The highest BCUT2D eigenvalue weighted by molar-refractivity contribution is 9.10. The Morgan fingerprint density at radius 3 is 2.83 bits per heavy atom. The third kappa shape index (κ3) is 3.70. The van der Waals surface area contributed by atoms with Crippen LogP contribution in [-0.4, -0.2) is 55.9 Å². The summed E-state index contributed by atoms with van der Waals surface area (Å²) < 4.78 is 6.82. The molecule has 3 N–H and O–H groups in total. The van der Waals surface area contributed by atoms with Gasteiger partial charge in [-0.25, -0.2) is 0 Å². The van der Waals surface area contributed by atoms with Gasteiger partial charge in [0.2, 0.25) is 5.37 Å². The average molecular weight is 402 g/mol. The van der Waals surface area contributed by atoms with E-state index in [-0.39, 0.29) is 6.10 Å². The lowest BCUT2D eigenvalue weighted by Gasteiger charge is -2.32. The molecule has 1 fully saturated rings. The van der Waals surface area contributed by atoms with Gasteiger partial charge in [0, 0.05) is 38.3 Å². The van der Waals surface area contributed by atoms with Crippen molar-refractivity contribution in [1.82, 2.24) is 15.1 Å². The van der Waals surface area contributed by atoms with Crippen LogP contribution in [0.2, 0.25) is 0 Å². The van der Waals surface area contributed by atoms with Gasteiger partial charge in [0.15, 0.2) is 5.17 Å². The zero-order valence-corrected chi connectivity index (χ0v) is 14.5. The van der Waals surface area contributed by atoms with E-state index < -0.39 is 11.3 Å². The van der Waals surface area contributed by atoms with Crippen molar-refractivity contribution in [3.63, 3.8) is 0 Å². The normalized spacial score (nSPS) is 22.2. The second-order valence-corrected chi connectivity index (χ2v) is 7.09. The van der Waals surface area contributed by atoms with E-state index in [1.807, 2.05) is 11.0 Å². The van der Waals surface area contributed by atoms with Crippen LogP contribution in [0.4, 0.5) is 0 Å². The Kier molecular flexibility index (Phi) is 4.93. The maximum atomic E-state index is 11.2. The van der Waals surface area contributed by atoms with Gasteiger partial charge in [0.25, 0.3) is 5.91 Å². The van der Waals surface area contributed by atoms with E-state index in [0.29, 0.717) is 10.3 Å². The number of carbonyl (C=O) groups excluding carboxylic acids is 1. The van der Waals surface area contributed by atoms with Gasteiger partial charge in [-0.2, -0.15) is 0 Å². The molecule has 10 heteroatoms. The molecule has 1 aromatic rings. The first-order chi connectivity index (χ1) is 11.0. The molecule has 2 aliphatic heterocycles. The maximum absolute atomic E-state index is 11.2. The quantitative estimate of drug-likeness (QED) is 0.783. The summed E-state index contributed by atoms with van der Waals surface area (Å²) in [6.45, 7) is 1.47. The minimum atomic E-state index is -0.855. The molecule has 0 aromatic carbocycles. The highest BCUT2D eigenvalue weighted by Crippen LogP contribution is 2.30. The number of hydrogen-bond donors (Lipinski definition) is 2. The molecular weight excluding hydrogens is 386 g/mol. The molecule has 1 saturated heterocycles. The fraction of sp³-hybridized carbons (Fsp3) is 0.462. The topological polar surface area (TPSA) is 104 Å². The molecule has 3 heterocycles. The van der Waals surface area contributed by atoms with E-state index in [1.165, 1.54) is 0 Å². The van der Waals surface area contributed by atoms with Crippen LogP contribution in [0.3, 0.4) is 0 Å². The van der Waals surface area contributed by atoms with Crippen LogP contribution in [0.5, 0.6) is 5.75 Å². The second-order valence-electron chi connectivity index (χ2n) is 5.19. The summed E-state index contributed by atoms with van der Waals surface area (Å²) in [7, 11) is 0. The summed E-state index contributed by atoms with van der Waals surface area (Å²) in [5, 5.41) is 14.0. The molecule has 8 nitrogen and oxygen atoms in total. The highest BCUT2D eigenvalue weighted by Gasteiger charge is 2.35. The van der Waals surface area contributed by atoms with E-state index in [4.69, 9.17) is 10.5 Å². The van der Waals surface area contributed by atoms with Crippen molar-refractivity contribution < 1.29 is 14.7 Å². The van der Waals surface area contributed by atoms with Crippen molar-refractivity contribution in [2.75, 3.05) is 13.1 Å². The molecule has 3 rings (SSSR count). The monoisotopic (exact) mass is 401 g/mol. The van der Waals surface area contributed by atoms with Crippen molar-refractivity contribution in [2.24, 2.45) is 10.8 Å². The third-order valence-corrected chi connectivity index (χ3v) is 5.39. The van der Waals surface area contributed by atoms with Crippen LogP contribution < -0.4 is 10.5 Å². The molecule has 1 unspecified atom stereocenters. The molecule has 1 atom stereocenters. The highest BCUT2D eigenvalue weighted by atomic mass is 79.9. The summed E-state index contributed by atoms with van der Waals surface area (Å²) in [6.07, 6.45) is 5.14. The van der Waals surface area contributed by atoms with Crippen molar-refractivity contribution in [1.29, 1.82) is 0 Å². The van der Waals surface area contributed by atoms with Crippen molar-refractivity contribution in [2.45, 2.75) is 24.3 Å². The minimum absolute atomic E-state index is 0.106. The number of carbonyl (C=O) groups is 1. The van der Waals surface area contributed by atoms with Crippen LogP contribution in [0.25, 0.3) is 0 Å². The first-order valence-electron chi connectivity index (χ1n) is 7.08. The van der Waals surface area contributed by atoms with Gasteiger partial charge in [-0.3, -0.25) is 15.0 Å². The average Bonchev–Trinajstić information content (AvgIpc) is 2.92. The van der Waals surface area contributed by atoms with E-state index >= 15 is 0 Å². The van der Waals surface area contributed by atoms with E-state index in [1.54, 1.807) is 12.4 Å². The van der Waals surface area contributed by atoms with Gasteiger partial charge in [0.1, 0.15) is 11.9 Å². The number of halogens is 1. The van der Waals surface area contributed by atoms with Crippen LogP contribution in [0.1, 0.15) is 12.8 Å². The zero-order chi connectivity index (χ0) is 16.4. The van der Waals surface area contributed by atoms with Crippen molar-refractivity contribution in [3.05, 3.63) is 22.9 Å². The summed E-state index contributed by atoms with van der Waals surface area (Å²) in [6, 6.07) is 1.83. The fourth-order valence-corrected chi connectivity index (χ4v) is 3.69. The van der Waals surface area contributed by atoms with E-state index in [9.17, 15) is 10.0 Å². The predicted molar refractivity (Wildman–Crippen MR) is 88.8 cm³/mol. The lowest BCUT2D eigenvalue weighted by atomic mass is 10.1. The van der Waals surface area contributed by atoms with Crippen LogP contribution in [0.15, 0.2) is 28.0 Å². The van der Waals surface area contributed by atoms with Gasteiger partial charge < -0.3 is 15.4 Å². The number of pyridine rings is 1. The number of rotatable bonds is 3. The molecule has 124 valence electrons. The number of piperidine rings is 1. The molecule has 0 spiro atoms. The standard InChI is InChI=1S/C13H16BrN5O3S/c14-9-7-16-4-1-10(9)22-8-2-5-18(6-3-8)13-17-19(21)12(23-13)11(15)20/h1,4,7-8,12,21H,2-3,5-6H2,(H2,15,20). The largest absolute Gasteiger partial charge is 0.489 e. The second kappa shape index (κ2) is 6.93. The molecule has 1 aromatic heterocycles. The lowest BCUT2D eigenvalue weighted by molar-refractivity contribution is -0.138. The summed E-state index contributed by atoms with van der Waals surface area (Å²) >= 11 is 4.58. The number of amides is 1. The van der Waals surface area contributed by atoms with Gasteiger partial charge in [-0.05, 0) is 33.8 Å². The summed E-state index contributed by atoms with van der Waals surface area (Å²) in [5.74, 6) is 0.165. The Bertz CT molecular complexity index is 623. The van der Waals surface area contributed by atoms with Crippen molar-refractivity contribution >= 4 is 38.8 Å². The number of nitrogens with zero attached hydrogens (tertiary/aromatic N) is 4.